The predicted octanol–water partition coefficient (Wildman–Crippen LogP) is 2.16. The molecular formula is C12H17BrN4. The number of nitrogen functional groups attached to an aromatic ring is 1. The maximum absolute atomic E-state index is 5.83. The minimum absolute atomic E-state index is 0.485. The summed E-state index contributed by atoms with van der Waals surface area (Å²) in [6, 6.07) is 1.43. The molecule has 92 valence electrons. The maximum atomic E-state index is 5.83. The Morgan fingerprint density at radius 3 is 2.59 bits per heavy atom. The van der Waals surface area contributed by atoms with Crippen LogP contribution in [-0.2, 0) is 0 Å². The summed E-state index contributed by atoms with van der Waals surface area (Å²) >= 11 is 3.34. The number of hydrogen-bond acceptors (Lipinski definition) is 4. The second-order valence-electron chi connectivity index (χ2n) is 5.18. The second kappa shape index (κ2) is 4.21. The summed E-state index contributed by atoms with van der Waals surface area (Å²) in [6.07, 6.45) is 6.77. The van der Waals surface area contributed by atoms with Gasteiger partial charge < -0.3 is 10.6 Å². The molecule has 17 heavy (non-hydrogen) atoms. The summed E-state index contributed by atoms with van der Waals surface area (Å²) in [4.78, 5) is 11.4. The molecular weight excluding hydrogens is 280 g/mol. The molecule has 3 rings (SSSR count). The number of piperidine rings is 1. The number of aromatic nitrogens is 2. The number of rotatable bonds is 1. The van der Waals surface area contributed by atoms with Gasteiger partial charge in [0.15, 0.2) is 0 Å². The van der Waals surface area contributed by atoms with Crippen LogP contribution in [0.25, 0.3) is 0 Å². The van der Waals surface area contributed by atoms with Gasteiger partial charge in [-0.25, -0.2) is 9.97 Å². The zero-order valence-electron chi connectivity index (χ0n) is 9.93. The first-order valence-electron chi connectivity index (χ1n) is 6.15. The fraction of sp³-hybridized carbons (Fsp3) is 0.667. The Hall–Kier alpha value is -0.680. The van der Waals surface area contributed by atoms with E-state index in [9.17, 15) is 0 Å². The molecule has 4 nitrogen and oxygen atoms in total. The third-order valence-corrected chi connectivity index (χ3v) is 4.86. The fourth-order valence-corrected chi connectivity index (χ4v) is 3.40. The van der Waals surface area contributed by atoms with Crippen molar-refractivity contribution in [3.8, 4) is 0 Å². The van der Waals surface area contributed by atoms with Gasteiger partial charge in [-0.3, -0.25) is 0 Å². The Morgan fingerprint density at radius 1 is 1.35 bits per heavy atom. The van der Waals surface area contributed by atoms with Gasteiger partial charge in [0, 0.05) is 24.2 Å². The highest BCUT2D eigenvalue weighted by atomic mass is 79.9. The lowest BCUT2D eigenvalue weighted by molar-refractivity contribution is 0.159. The van der Waals surface area contributed by atoms with Crippen LogP contribution in [0.15, 0.2) is 10.7 Å². The lowest BCUT2D eigenvalue weighted by Crippen LogP contribution is -2.39. The minimum atomic E-state index is 0.485. The summed E-state index contributed by atoms with van der Waals surface area (Å²) in [5, 5.41) is 0. The van der Waals surface area contributed by atoms with E-state index in [1.165, 1.54) is 25.7 Å². The van der Waals surface area contributed by atoms with Crippen molar-refractivity contribution in [3.05, 3.63) is 16.5 Å². The normalized spacial score (nSPS) is 32.9. The quantitative estimate of drug-likeness (QED) is 0.863. The highest BCUT2D eigenvalue weighted by Gasteiger charge is 2.39. The number of hydrogen-bond donors (Lipinski definition) is 1. The van der Waals surface area contributed by atoms with Gasteiger partial charge in [0.1, 0.15) is 11.6 Å². The van der Waals surface area contributed by atoms with E-state index in [0.29, 0.717) is 23.8 Å². The van der Waals surface area contributed by atoms with E-state index in [2.05, 4.69) is 37.8 Å². The molecule has 1 aromatic rings. The molecule has 2 fully saturated rings. The Bertz CT molecular complexity index is 423. The lowest BCUT2D eigenvalue weighted by Gasteiger charge is -2.35. The van der Waals surface area contributed by atoms with Crippen LogP contribution in [-0.4, -0.2) is 34.0 Å². The van der Waals surface area contributed by atoms with Crippen molar-refractivity contribution in [2.45, 2.75) is 43.7 Å². The Labute approximate surface area is 110 Å². The minimum Gasteiger partial charge on any atom is -0.383 e. The number of halogens is 1. The van der Waals surface area contributed by atoms with Crippen LogP contribution < -0.4 is 5.73 Å². The average Bonchev–Trinajstić information content (AvgIpc) is 2.55. The van der Waals surface area contributed by atoms with Gasteiger partial charge >= 0.3 is 0 Å². The van der Waals surface area contributed by atoms with Gasteiger partial charge in [0.05, 0.1) is 4.47 Å². The van der Waals surface area contributed by atoms with Crippen molar-refractivity contribution in [1.29, 1.82) is 0 Å². The zero-order chi connectivity index (χ0) is 12.0. The summed E-state index contributed by atoms with van der Waals surface area (Å²) in [6.45, 7) is 0. The Balaban J connectivity index is 1.84. The van der Waals surface area contributed by atoms with Gasteiger partial charge in [-0.05, 0) is 48.7 Å². The van der Waals surface area contributed by atoms with Crippen LogP contribution >= 0.6 is 15.9 Å². The molecule has 1 aromatic heterocycles. The van der Waals surface area contributed by atoms with Crippen LogP contribution in [0.3, 0.4) is 0 Å². The van der Waals surface area contributed by atoms with Crippen molar-refractivity contribution >= 4 is 21.7 Å². The molecule has 0 radical (unpaired) electrons. The van der Waals surface area contributed by atoms with E-state index in [1.54, 1.807) is 6.20 Å². The van der Waals surface area contributed by atoms with E-state index in [0.717, 1.165) is 10.3 Å². The summed E-state index contributed by atoms with van der Waals surface area (Å²) in [5.74, 6) is 1.97. The first-order valence-corrected chi connectivity index (χ1v) is 6.94. The lowest BCUT2D eigenvalue weighted by atomic mass is 9.90. The van der Waals surface area contributed by atoms with Crippen LogP contribution in [0.5, 0.6) is 0 Å². The van der Waals surface area contributed by atoms with Gasteiger partial charge in [-0.1, -0.05) is 0 Å². The van der Waals surface area contributed by atoms with Crippen molar-refractivity contribution in [2.24, 2.45) is 0 Å². The summed E-state index contributed by atoms with van der Waals surface area (Å²) in [7, 11) is 2.25. The first kappa shape index (κ1) is 11.4. The fourth-order valence-electron chi connectivity index (χ4n) is 3.21. The largest absolute Gasteiger partial charge is 0.383 e. The highest BCUT2D eigenvalue weighted by Crippen LogP contribution is 2.41. The molecule has 2 unspecified atom stereocenters. The molecule has 2 atom stereocenters. The SMILES string of the molecule is CN1C2CCC1CC(c1ncc(Br)c(N)n1)C2. The molecule has 0 aromatic carbocycles. The van der Waals surface area contributed by atoms with Crippen LogP contribution in [0.4, 0.5) is 5.82 Å². The monoisotopic (exact) mass is 296 g/mol. The number of nitrogens with two attached hydrogens (primary N) is 1. The molecule has 0 saturated carbocycles. The molecule has 2 aliphatic rings. The molecule has 2 saturated heterocycles. The van der Waals surface area contributed by atoms with Crippen molar-refractivity contribution in [3.63, 3.8) is 0 Å². The molecule has 0 amide bonds. The van der Waals surface area contributed by atoms with Crippen LogP contribution in [0.2, 0.25) is 0 Å². The second-order valence-corrected chi connectivity index (χ2v) is 6.03. The Morgan fingerprint density at radius 2 is 2.00 bits per heavy atom. The molecule has 2 N–H and O–H groups in total. The molecule has 5 heteroatoms. The Kier molecular flexibility index (Phi) is 2.83. The average molecular weight is 297 g/mol. The van der Waals surface area contributed by atoms with E-state index in [-0.39, 0.29) is 0 Å². The predicted molar refractivity (Wildman–Crippen MR) is 70.7 cm³/mol. The molecule has 0 aliphatic carbocycles. The molecule has 2 aliphatic heterocycles. The standard InChI is InChI=1S/C12H17BrN4/c1-17-8-2-3-9(17)5-7(4-8)12-15-6-10(13)11(14)16-12/h6-9H,2-5H2,1H3,(H2,14,15,16). The van der Waals surface area contributed by atoms with Crippen molar-refractivity contribution in [2.75, 3.05) is 12.8 Å². The first-order chi connectivity index (χ1) is 8.15. The third kappa shape index (κ3) is 1.95. The van der Waals surface area contributed by atoms with Gasteiger partial charge in [0.2, 0.25) is 0 Å². The van der Waals surface area contributed by atoms with Gasteiger partial charge in [-0.15, -0.1) is 0 Å². The van der Waals surface area contributed by atoms with Gasteiger partial charge in [0.25, 0.3) is 0 Å². The smallest absolute Gasteiger partial charge is 0.141 e. The number of anilines is 1. The molecule has 0 spiro atoms. The van der Waals surface area contributed by atoms with E-state index in [1.807, 2.05) is 0 Å². The highest BCUT2D eigenvalue weighted by molar-refractivity contribution is 9.10. The van der Waals surface area contributed by atoms with E-state index in [4.69, 9.17) is 5.73 Å². The summed E-state index contributed by atoms with van der Waals surface area (Å²) in [5.41, 5.74) is 5.83. The third-order valence-electron chi connectivity index (χ3n) is 4.25. The van der Waals surface area contributed by atoms with E-state index >= 15 is 0 Å². The molecule has 2 bridgehead atoms. The maximum Gasteiger partial charge on any atom is 0.141 e. The molecule has 3 heterocycles. The summed E-state index contributed by atoms with van der Waals surface area (Å²) < 4.78 is 0.789. The van der Waals surface area contributed by atoms with Crippen LogP contribution in [0.1, 0.15) is 37.4 Å². The van der Waals surface area contributed by atoms with Crippen molar-refractivity contribution < 1.29 is 0 Å². The number of fused-ring (bicyclic) bond motifs is 2. The zero-order valence-corrected chi connectivity index (χ0v) is 11.5. The number of nitrogens with zero attached hydrogens (tertiary/aromatic N) is 3. The van der Waals surface area contributed by atoms with Crippen molar-refractivity contribution in [1.82, 2.24) is 14.9 Å². The topological polar surface area (TPSA) is 55.0 Å². The van der Waals surface area contributed by atoms with E-state index < -0.39 is 0 Å². The van der Waals surface area contributed by atoms with Gasteiger partial charge in [-0.2, -0.15) is 0 Å². The van der Waals surface area contributed by atoms with Crippen LogP contribution in [0, 0.1) is 0 Å².